The fourth-order valence-electron chi connectivity index (χ4n) is 5.22. The van der Waals surface area contributed by atoms with Crippen LogP contribution in [0.1, 0.15) is 83.2 Å². The minimum absolute atomic E-state index is 0.0686. The number of nitrogens with two attached hydrogens (primary N) is 6. The quantitative estimate of drug-likeness (QED) is 0.0856. The van der Waals surface area contributed by atoms with E-state index < -0.39 is 47.0 Å². The third kappa shape index (κ3) is 8.44. The maximum absolute atomic E-state index is 13.7. The average Bonchev–Trinajstić information content (AvgIpc) is 2.97. The highest BCUT2D eigenvalue weighted by molar-refractivity contribution is 6.33. The second-order valence-corrected chi connectivity index (χ2v) is 11.3. The normalized spacial score (nSPS) is 15.1. The number of nitrogens with one attached hydrogen (secondary N) is 2. The van der Waals surface area contributed by atoms with Gasteiger partial charge in [0.25, 0.3) is 0 Å². The number of carbonyl (C=O) groups excluding carboxylic acids is 4. The smallest absolute Gasteiger partial charge is 0.234 e. The van der Waals surface area contributed by atoms with Gasteiger partial charge in [0.1, 0.15) is 11.5 Å². The summed E-state index contributed by atoms with van der Waals surface area (Å²) in [5.41, 5.74) is 34.5. The standard InChI is InChI=1S/C30H44N8O6/c31-15(3-1-5-17(33)29(35)43)11-13-37-19-7-8-20(38-14-12-16(32)4-2-6-18(34)30(36)44)24-23(19)27(41)25-21(39)9-10-22(40)26(25)28(24)42/h7-10,15-18,37-40H,1-6,11-14,31-34H2,(H2,35,43)(H2,36,44). The first-order valence-corrected chi connectivity index (χ1v) is 14.7. The molecule has 14 heteroatoms. The van der Waals surface area contributed by atoms with Gasteiger partial charge in [-0.25, -0.2) is 0 Å². The second-order valence-electron chi connectivity index (χ2n) is 11.3. The van der Waals surface area contributed by atoms with Gasteiger partial charge in [-0.15, -0.1) is 0 Å². The third-order valence-electron chi connectivity index (χ3n) is 7.85. The van der Waals surface area contributed by atoms with Crippen LogP contribution in [0.5, 0.6) is 11.5 Å². The van der Waals surface area contributed by atoms with Gasteiger partial charge in [-0.3, -0.25) is 19.2 Å². The first kappa shape index (κ1) is 34.3. The lowest BCUT2D eigenvalue weighted by Crippen LogP contribution is -2.36. The van der Waals surface area contributed by atoms with Crippen molar-refractivity contribution in [2.24, 2.45) is 34.4 Å². The van der Waals surface area contributed by atoms with Crippen molar-refractivity contribution in [3.05, 3.63) is 46.5 Å². The van der Waals surface area contributed by atoms with E-state index in [1.807, 2.05) is 0 Å². The van der Waals surface area contributed by atoms with E-state index in [9.17, 15) is 29.4 Å². The molecule has 4 atom stereocenters. The van der Waals surface area contributed by atoms with Crippen molar-refractivity contribution in [3.8, 4) is 11.5 Å². The summed E-state index contributed by atoms with van der Waals surface area (Å²) in [6.45, 7) is 0.744. The summed E-state index contributed by atoms with van der Waals surface area (Å²) >= 11 is 0. The highest BCUT2D eigenvalue weighted by Crippen LogP contribution is 2.42. The summed E-state index contributed by atoms with van der Waals surface area (Å²) in [5.74, 6) is -3.17. The number of carbonyl (C=O) groups is 4. The van der Waals surface area contributed by atoms with Gasteiger partial charge in [0.15, 0.2) is 0 Å². The molecule has 0 radical (unpaired) electrons. The van der Waals surface area contributed by atoms with Gasteiger partial charge >= 0.3 is 0 Å². The Morgan fingerprint density at radius 1 is 0.591 bits per heavy atom. The first-order valence-electron chi connectivity index (χ1n) is 14.7. The fraction of sp³-hybridized carbons (Fsp3) is 0.467. The number of hydrogen-bond donors (Lipinski definition) is 10. The van der Waals surface area contributed by atoms with E-state index in [4.69, 9.17) is 34.4 Å². The van der Waals surface area contributed by atoms with Gasteiger partial charge < -0.3 is 55.2 Å². The minimum atomic E-state index is -0.718. The zero-order valence-electron chi connectivity index (χ0n) is 24.7. The van der Waals surface area contributed by atoms with Crippen LogP contribution in [0.15, 0.2) is 24.3 Å². The van der Waals surface area contributed by atoms with E-state index >= 15 is 0 Å². The van der Waals surface area contributed by atoms with Gasteiger partial charge in [-0.05, 0) is 75.6 Å². The van der Waals surface area contributed by atoms with Crippen LogP contribution in [0.3, 0.4) is 0 Å². The van der Waals surface area contributed by atoms with Crippen molar-refractivity contribution in [3.63, 3.8) is 0 Å². The molecule has 3 rings (SSSR count). The first-order chi connectivity index (χ1) is 20.8. The summed E-state index contributed by atoms with van der Waals surface area (Å²) in [5, 5.41) is 27.3. The Bertz CT molecular complexity index is 1280. The Kier molecular flexibility index (Phi) is 12.0. The van der Waals surface area contributed by atoms with Crippen LogP contribution in [0, 0.1) is 0 Å². The third-order valence-corrected chi connectivity index (χ3v) is 7.85. The summed E-state index contributed by atoms with van der Waals surface area (Å²) < 4.78 is 0. The summed E-state index contributed by atoms with van der Waals surface area (Å²) in [4.78, 5) is 49.7. The summed E-state index contributed by atoms with van der Waals surface area (Å²) in [7, 11) is 0. The molecule has 2 aromatic rings. The Hall–Kier alpha value is -4.24. The number of anilines is 2. The van der Waals surface area contributed by atoms with E-state index in [0.29, 0.717) is 75.8 Å². The zero-order valence-corrected chi connectivity index (χ0v) is 24.7. The molecule has 0 bridgehead atoms. The van der Waals surface area contributed by atoms with Gasteiger partial charge in [0, 0.05) is 36.5 Å². The maximum Gasteiger partial charge on any atom is 0.234 e. The monoisotopic (exact) mass is 612 g/mol. The lowest BCUT2D eigenvalue weighted by molar-refractivity contribution is -0.120. The highest BCUT2D eigenvalue weighted by Gasteiger charge is 2.38. The molecule has 0 heterocycles. The molecule has 2 amide bonds. The van der Waals surface area contributed by atoms with E-state index in [1.165, 1.54) is 12.1 Å². The van der Waals surface area contributed by atoms with Gasteiger partial charge in [-0.2, -0.15) is 0 Å². The number of fused-ring (bicyclic) bond motifs is 2. The Balaban J connectivity index is 1.75. The Morgan fingerprint density at radius 3 is 1.30 bits per heavy atom. The second kappa shape index (κ2) is 15.5. The molecule has 14 nitrogen and oxygen atoms in total. The molecule has 0 saturated heterocycles. The van der Waals surface area contributed by atoms with Crippen LogP contribution < -0.4 is 45.0 Å². The lowest BCUT2D eigenvalue weighted by Gasteiger charge is -2.25. The average molecular weight is 613 g/mol. The number of benzene rings is 2. The number of amides is 2. The Morgan fingerprint density at radius 2 is 0.955 bits per heavy atom. The van der Waals surface area contributed by atoms with Crippen molar-refractivity contribution < 1.29 is 29.4 Å². The van der Waals surface area contributed by atoms with Crippen LogP contribution in [0.4, 0.5) is 11.4 Å². The zero-order chi connectivity index (χ0) is 32.6. The summed E-state index contributed by atoms with van der Waals surface area (Å²) in [6, 6.07) is 3.80. The molecule has 1 aliphatic carbocycles. The molecule has 16 N–H and O–H groups in total. The van der Waals surface area contributed by atoms with E-state index in [-0.39, 0.29) is 34.3 Å². The molecular formula is C30H44N8O6. The van der Waals surface area contributed by atoms with Gasteiger partial charge in [-0.1, -0.05) is 0 Å². The van der Waals surface area contributed by atoms with Crippen molar-refractivity contribution in [2.75, 3.05) is 23.7 Å². The lowest BCUT2D eigenvalue weighted by atomic mass is 9.81. The number of ketones is 2. The van der Waals surface area contributed by atoms with Crippen molar-refractivity contribution >= 4 is 34.8 Å². The van der Waals surface area contributed by atoms with Crippen molar-refractivity contribution in [1.82, 2.24) is 0 Å². The molecule has 0 fully saturated rings. The fourth-order valence-corrected chi connectivity index (χ4v) is 5.22. The molecule has 4 unspecified atom stereocenters. The van der Waals surface area contributed by atoms with Crippen LogP contribution in [0.2, 0.25) is 0 Å². The van der Waals surface area contributed by atoms with Gasteiger partial charge in [0.2, 0.25) is 23.4 Å². The molecular weight excluding hydrogens is 568 g/mol. The minimum Gasteiger partial charge on any atom is -0.507 e. The SMILES string of the molecule is NC(=O)C(N)CCCC(N)CCNc1ccc(NCCC(N)CCCC(N)C(N)=O)c2c1C(=O)c1c(O)ccc(O)c1C2=O. The predicted molar refractivity (Wildman–Crippen MR) is 167 cm³/mol. The van der Waals surface area contributed by atoms with Crippen LogP contribution in [-0.4, -0.2) is 70.9 Å². The molecule has 1 aliphatic rings. The molecule has 0 spiro atoms. The topological polar surface area (TPSA) is 289 Å². The molecule has 2 aromatic carbocycles. The number of aromatic hydroxyl groups is 2. The van der Waals surface area contributed by atoms with E-state index in [2.05, 4.69) is 10.6 Å². The molecule has 0 aromatic heterocycles. The van der Waals surface area contributed by atoms with Crippen LogP contribution in [-0.2, 0) is 9.59 Å². The number of phenols is 2. The van der Waals surface area contributed by atoms with Crippen LogP contribution in [0.25, 0.3) is 0 Å². The number of phenolic OH excluding ortho intramolecular Hbond substituents is 2. The maximum atomic E-state index is 13.7. The number of rotatable bonds is 18. The van der Waals surface area contributed by atoms with Gasteiger partial charge in [0.05, 0.1) is 34.3 Å². The van der Waals surface area contributed by atoms with Crippen molar-refractivity contribution in [2.45, 2.75) is 75.5 Å². The Labute approximate surface area is 255 Å². The number of hydrogen-bond acceptors (Lipinski definition) is 12. The number of primary amides is 2. The molecule has 0 saturated carbocycles. The van der Waals surface area contributed by atoms with Crippen LogP contribution >= 0.6 is 0 Å². The highest BCUT2D eigenvalue weighted by atomic mass is 16.3. The van der Waals surface area contributed by atoms with Crippen molar-refractivity contribution in [1.29, 1.82) is 0 Å². The predicted octanol–water partition coefficient (Wildman–Crippen LogP) is 0.0976. The largest absolute Gasteiger partial charge is 0.507 e. The molecule has 44 heavy (non-hydrogen) atoms. The van der Waals surface area contributed by atoms with E-state index in [0.717, 1.165) is 0 Å². The van der Waals surface area contributed by atoms with E-state index in [1.54, 1.807) is 12.1 Å². The molecule has 0 aliphatic heterocycles. The summed E-state index contributed by atoms with van der Waals surface area (Å²) in [6.07, 6.45) is 4.37. The molecule has 240 valence electrons.